The third kappa shape index (κ3) is 3.64. The summed E-state index contributed by atoms with van der Waals surface area (Å²) in [6.07, 6.45) is -3.57. The van der Waals surface area contributed by atoms with Gasteiger partial charge in [0.25, 0.3) is 0 Å². The van der Waals surface area contributed by atoms with Gasteiger partial charge in [0, 0.05) is 6.54 Å². The number of halogens is 3. The minimum Gasteiger partial charge on any atom is -0.397 e. The molecule has 0 amide bonds. The average Bonchev–Trinajstić information content (AvgIpc) is 2.16. The van der Waals surface area contributed by atoms with Crippen LogP contribution in [0.1, 0.15) is 13.3 Å². The zero-order valence-electron chi connectivity index (χ0n) is 9.09. The van der Waals surface area contributed by atoms with Crippen molar-refractivity contribution in [2.45, 2.75) is 19.5 Å². The standard InChI is InChI=1S/C11H15F3N2/c1-2-7-16(8-11(12,13)14)10-6-4-3-5-9(10)15/h3-6H,2,7-8,15H2,1H3. The number of nitrogen functional groups attached to an aromatic ring is 1. The summed E-state index contributed by atoms with van der Waals surface area (Å²) in [6.45, 7) is 1.21. The van der Waals surface area contributed by atoms with Crippen LogP contribution in [0, 0.1) is 0 Å². The number of hydrogen-bond acceptors (Lipinski definition) is 2. The molecule has 0 aliphatic rings. The van der Waals surface area contributed by atoms with Crippen LogP contribution in [-0.2, 0) is 0 Å². The van der Waals surface area contributed by atoms with E-state index in [2.05, 4.69) is 0 Å². The fourth-order valence-electron chi connectivity index (χ4n) is 1.55. The fourth-order valence-corrected chi connectivity index (χ4v) is 1.55. The van der Waals surface area contributed by atoms with Crippen molar-refractivity contribution in [3.63, 3.8) is 0 Å². The number of benzene rings is 1. The van der Waals surface area contributed by atoms with Crippen LogP contribution in [0.4, 0.5) is 24.5 Å². The normalized spacial score (nSPS) is 11.5. The molecule has 0 unspecified atom stereocenters. The Bertz CT molecular complexity index is 336. The number of para-hydroxylation sites is 2. The van der Waals surface area contributed by atoms with Crippen molar-refractivity contribution < 1.29 is 13.2 Å². The van der Waals surface area contributed by atoms with E-state index in [1.165, 1.54) is 4.90 Å². The lowest BCUT2D eigenvalue weighted by Gasteiger charge is -2.26. The summed E-state index contributed by atoms with van der Waals surface area (Å²) >= 11 is 0. The maximum Gasteiger partial charge on any atom is 0.405 e. The molecule has 0 radical (unpaired) electrons. The SMILES string of the molecule is CCCN(CC(F)(F)F)c1ccccc1N. The van der Waals surface area contributed by atoms with Crippen molar-refractivity contribution in [3.8, 4) is 0 Å². The van der Waals surface area contributed by atoms with E-state index in [0.29, 0.717) is 24.3 Å². The van der Waals surface area contributed by atoms with Gasteiger partial charge in [-0.2, -0.15) is 13.2 Å². The van der Waals surface area contributed by atoms with E-state index in [9.17, 15) is 13.2 Å². The van der Waals surface area contributed by atoms with Crippen LogP contribution in [0.25, 0.3) is 0 Å². The summed E-state index contributed by atoms with van der Waals surface area (Å²) in [4.78, 5) is 1.26. The Balaban J connectivity index is 2.89. The van der Waals surface area contributed by atoms with E-state index < -0.39 is 12.7 Å². The van der Waals surface area contributed by atoms with Crippen LogP contribution in [-0.4, -0.2) is 19.3 Å². The molecule has 2 nitrogen and oxygen atoms in total. The minimum absolute atomic E-state index is 0.341. The quantitative estimate of drug-likeness (QED) is 0.808. The van der Waals surface area contributed by atoms with Gasteiger partial charge in [0.15, 0.2) is 0 Å². The molecule has 0 aliphatic heterocycles. The molecule has 0 aliphatic carbocycles. The van der Waals surface area contributed by atoms with Crippen LogP contribution in [0.2, 0.25) is 0 Å². The van der Waals surface area contributed by atoms with E-state index in [4.69, 9.17) is 5.73 Å². The van der Waals surface area contributed by atoms with Crippen molar-refractivity contribution in [2.75, 3.05) is 23.7 Å². The molecule has 0 fully saturated rings. The van der Waals surface area contributed by atoms with Crippen LogP contribution < -0.4 is 10.6 Å². The number of nitrogens with two attached hydrogens (primary N) is 1. The maximum absolute atomic E-state index is 12.4. The van der Waals surface area contributed by atoms with Gasteiger partial charge in [-0.25, -0.2) is 0 Å². The van der Waals surface area contributed by atoms with Gasteiger partial charge < -0.3 is 10.6 Å². The molecule has 0 heterocycles. The first-order valence-corrected chi connectivity index (χ1v) is 5.10. The van der Waals surface area contributed by atoms with E-state index in [-0.39, 0.29) is 0 Å². The highest BCUT2D eigenvalue weighted by atomic mass is 19.4. The smallest absolute Gasteiger partial charge is 0.397 e. The lowest BCUT2D eigenvalue weighted by atomic mass is 10.2. The predicted molar refractivity (Wildman–Crippen MR) is 59.4 cm³/mol. The molecule has 5 heteroatoms. The van der Waals surface area contributed by atoms with E-state index in [1.54, 1.807) is 24.3 Å². The molecule has 2 N–H and O–H groups in total. The molecule has 1 aromatic carbocycles. The van der Waals surface area contributed by atoms with Gasteiger partial charge in [-0.1, -0.05) is 19.1 Å². The second-order valence-electron chi connectivity index (χ2n) is 3.60. The van der Waals surface area contributed by atoms with E-state index in [0.717, 1.165) is 0 Å². The van der Waals surface area contributed by atoms with E-state index >= 15 is 0 Å². The summed E-state index contributed by atoms with van der Waals surface area (Å²) in [7, 11) is 0. The van der Waals surface area contributed by atoms with Crippen LogP contribution in [0.3, 0.4) is 0 Å². The van der Waals surface area contributed by atoms with Gasteiger partial charge >= 0.3 is 6.18 Å². The number of alkyl halides is 3. The molecule has 16 heavy (non-hydrogen) atoms. The third-order valence-electron chi connectivity index (χ3n) is 2.14. The topological polar surface area (TPSA) is 29.3 Å². The zero-order valence-corrected chi connectivity index (χ0v) is 9.09. The molecular weight excluding hydrogens is 217 g/mol. The molecule has 0 saturated carbocycles. The van der Waals surface area contributed by atoms with Crippen molar-refractivity contribution in [2.24, 2.45) is 0 Å². The molecule has 1 rings (SSSR count). The van der Waals surface area contributed by atoms with Crippen LogP contribution in [0.5, 0.6) is 0 Å². The molecule has 0 saturated heterocycles. The molecule has 0 spiro atoms. The summed E-state index contributed by atoms with van der Waals surface area (Å²) in [5.74, 6) is 0. The van der Waals surface area contributed by atoms with Gasteiger partial charge in [-0.3, -0.25) is 0 Å². The van der Waals surface area contributed by atoms with Crippen molar-refractivity contribution in [3.05, 3.63) is 24.3 Å². The predicted octanol–water partition coefficient (Wildman–Crippen LogP) is 3.05. The Kier molecular flexibility index (Phi) is 4.04. The monoisotopic (exact) mass is 232 g/mol. The van der Waals surface area contributed by atoms with Crippen LogP contribution in [0.15, 0.2) is 24.3 Å². The minimum atomic E-state index is -4.21. The zero-order chi connectivity index (χ0) is 12.2. The van der Waals surface area contributed by atoms with Crippen molar-refractivity contribution in [1.82, 2.24) is 0 Å². The first-order valence-electron chi connectivity index (χ1n) is 5.10. The molecule has 90 valence electrons. The Hall–Kier alpha value is -1.39. The Morgan fingerprint density at radius 2 is 1.88 bits per heavy atom. The molecular formula is C11H15F3N2. The van der Waals surface area contributed by atoms with Crippen molar-refractivity contribution in [1.29, 1.82) is 0 Å². The van der Waals surface area contributed by atoms with Gasteiger partial charge in [0.05, 0.1) is 11.4 Å². The lowest BCUT2D eigenvalue weighted by molar-refractivity contribution is -0.119. The molecule has 0 atom stereocenters. The largest absolute Gasteiger partial charge is 0.405 e. The first kappa shape index (κ1) is 12.7. The van der Waals surface area contributed by atoms with Gasteiger partial charge in [-0.05, 0) is 18.6 Å². The number of nitrogens with zero attached hydrogens (tertiary/aromatic N) is 1. The maximum atomic E-state index is 12.4. The Morgan fingerprint density at radius 3 is 2.38 bits per heavy atom. The second kappa shape index (κ2) is 5.09. The highest BCUT2D eigenvalue weighted by molar-refractivity contribution is 5.67. The van der Waals surface area contributed by atoms with Gasteiger partial charge in [0.2, 0.25) is 0 Å². The molecule has 0 bridgehead atoms. The fraction of sp³-hybridized carbons (Fsp3) is 0.455. The molecule has 0 aromatic heterocycles. The highest BCUT2D eigenvalue weighted by Crippen LogP contribution is 2.26. The Labute approximate surface area is 92.9 Å². The third-order valence-corrected chi connectivity index (χ3v) is 2.14. The molecule has 1 aromatic rings. The van der Waals surface area contributed by atoms with Crippen molar-refractivity contribution >= 4 is 11.4 Å². The first-order chi connectivity index (χ1) is 7.44. The summed E-state index contributed by atoms with van der Waals surface area (Å²) in [5, 5.41) is 0. The number of rotatable bonds is 4. The lowest BCUT2D eigenvalue weighted by Crippen LogP contribution is -2.35. The van der Waals surface area contributed by atoms with Crippen LogP contribution >= 0.6 is 0 Å². The average molecular weight is 232 g/mol. The highest BCUT2D eigenvalue weighted by Gasteiger charge is 2.31. The summed E-state index contributed by atoms with van der Waals surface area (Å²) < 4.78 is 37.1. The summed E-state index contributed by atoms with van der Waals surface area (Å²) in [6, 6.07) is 6.60. The van der Waals surface area contributed by atoms with E-state index in [1.807, 2.05) is 6.92 Å². The number of hydrogen-bond donors (Lipinski definition) is 1. The Morgan fingerprint density at radius 1 is 1.25 bits per heavy atom. The summed E-state index contributed by atoms with van der Waals surface area (Å²) in [5.41, 5.74) is 6.48. The van der Waals surface area contributed by atoms with Gasteiger partial charge in [0.1, 0.15) is 6.54 Å². The second-order valence-corrected chi connectivity index (χ2v) is 3.60. The van der Waals surface area contributed by atoms with Gasteiger partial charge in [-0.15, -0.1) is 0 Å². The number of anilines is 2.